The average Bonchev–Trinajstić information content (AvgIpc) is 2.52. The molecule has 0 aliphatic carbocycles. The van der Waals surface area contributed by atoms with Gasteiger partial charge in [-0.15, -0.1) is 0 Å². The molecule has 1 rings (SSSR count). The van der Waals surface area contributed by atoms with E-state index >= 15 is 0 Å². The molecule has 1 heterocycles. The van der Waals surface area contributed by atoms with Crippen LogP contribution in [0.3, 0.4) is 0 Å². The molecule has 1 aromatic heterocycles. The number of nitrogens with one attached hydrogen (secondary N) is 1. The Kier molecular flexibility index (Phi) is 3.55. The number of thiophene rings is 1. The Balaban J connectivity index is 2.44. The molecule has 2 N–H and O–H groups in total. The Morgan fingerprint density at radius 2 is 2.36 bits per heavy atom. The Bertz CT molecular complexity index is 349. The Hall–Kier alpha value is -1.47. The molecule has 76 valence electrons. The summed E-state index contributed by atoms with van der Waals surface area (Å²) < 4.78 is 0. The van der Waals surface area contributed by atoms with Crippen molar-refractivity contribution in [2.75, 3.05) is 6.54 Å². The minimum atomic E-state index is -0.948. The average molecular weight is 216 g/mol. The zero-order valence-electron chi connectivity index (χ0n) is 7.10. The second kappa shape index (κ2) is 4.68. The van der Waals surface area contributed by atoms with Crippen LogP contribution >= 0.6 is 11.3 Å². The zero-order chi connectivity index (χ0) is 10.6. The van der Waals surface area contributed by atoms with Crippen LogP contribution in [-0.2, 0) is 11.3 Å². The predicted octanol–water partition coefficient (Wildman–Crippen LogP) is 0.830. The van der Waals surface area contributed by atoms with E-state index in [4.69, 9.17) is 5.11 Å². The molecular weight excluding hydrogens is 208 g/mol. The highest BCUT2D eigenvalue weighted by Crippen LogP contribution is 2.23. The summed E-state index contributed by atoms with van der Waals surface area (Å²) in [5, 5.41) is 21.3. The maximum Gasteiger partial charge on any atom is 0.324 e. The maximum absolute atomic E-state index is 10.3. The first-order chi connectivity index (χ1) is 6.59. The topological polar surface area (TPSA) is 92.5 Å². The Morgan fingerprint density at radius 1 is 1.64 bits per heavy atom. The minimum absolute atomic E-state index is 0.0668. The monoisotopic (exact) mass is 216 g/mol. The van der Waals surface area contributed by atoms with Crippen molar-refractivity contribution in [3.05, 3.63) is 27.1 Å². The van der Waals surface area contributed by atoms with Crippen LogP contribution in [0.5, 0.6) is 0 Å². The third-order valence-electron chi connectivity index (χ3n) is 1.40. The van der Waals surface area contributed by atoms with Crippen LogP contribution in [0, 0.1) is 10.1 Å². The van der Waals surface area contributed by atoms with Crippen molar-refractivity contribution in [2.45, 2.75) is 6.54 Å². The van der Waals surface area contributed by atoms with E-state index in [0.29, 0.717) is 6.54 Å². The normalized spacial score (nSPS) is 10.0. The molecule has 6 nitrogen and oxygen atoms in total. The van der Waals surface area contributed by atoms with E-state index in [1.54, 1.807) is 6.07 Å². The molecule has 7 heteroatoms. The number of nitro groups is 1. The fraction of sp³-hybridized carbons (Fsp3) is 0.286. The molecule has 0 unspecified atom stereocenters. The number of aliphatic carboxylic acids is 1. The van der Waals surface area contributed by atoms with Crippen LogP contribution < -0.4 is 5.32 Å². The van der Waals surface area contributed by atoms with Gasteiger partial charge in [-0.25, -0.2) is 0 Å². The van der Waals surface area contributed by atoms with Gasteiger partial charge >= 0.3 is 11.0 Å². The summed E-state index contributed by atoms with van der Waals surface area (Å²) in [6, 6.07) is 3.01. The third kappa shape index (κ3) is 3.11. The second-order valence-electron chi connectivity index (χ2n) is 2.49. The van der Waals surface area contributed by atoms with Gasteiger partial charge in [0.05, 0.1) is 11.5 Å². The van der Waals surface area contributed by atoms with E-state index in [1.807, 2.05) is 0 Å². The molecule has 0 saturated carbocycles. The highest BCUT2D eigenvalue weighted by Gasteiger charge is 2.09. The van der Waals surface area contributed by atoms with Crippen LogP contribution in [0.4, 0.5) is 5.00 Å². The quantitative estimate of drug-likeness (QED) is 0.561. The number of carboxylic acid groups (broad SMARTS) is 1. The summed E-state index contributed by atoms with van der Waals surface area (Å²) in [5.74, 6) is -0.948. The van der Waals surface area contributed by atoms with Gasteiger partial charge in [-0.1, -0.05) is 11.3 Å². The summed E-state index contributed by atoms with van der Waals surface area (Å²) in [7, 11) is 0. The fourth-order valence-electron chi connectivity index (χ4n) is 0.852. The number of rotatable bonds is 5. The zero-order valence-corrected chi connectivity index (χ0v) is 7.91. The highest BCUT2D eigenvalue weighted by molar-refractivity contribution is 7.15. The van der Waals surface area contributed by atoms with Crippen LogP contribution in [0.25, 0.3) is 0 Å². The number of carboxylic acids is 1. The summed E-state index contributed by atoms with van der Waals surface area (Å²) in [6.07, 6.45) is 0. The highest BCUT2D eigenvalue weighted by atomic mass is 32.1. The number of carbonyl (C=O) groups is 1. The van der Waals surface area contributed by atoms with Gasteiger partial charge in [0.2, 0.25) is 0 Å². The predicted molar refractivity (Wildman–Crippen MR) is 50.3 cm³/mol. The summed E-state index contributed by atoms with van der Waals surface area (Å²) in [5.41, 5.74) is 0. The molecule has 0 aromatic carbocycles. The van der Waals surface area contributed by atoms with E-state index in [0.717, 1.165) is 16.2 Å². The van der Waals surface area contributed by atoms with E-state index in [-0.39, 0.29) is 11.5 Å². The van der Waals surface area contributed by atoms with Crippen LogP contribution in [0.1, 0.15) is 4.88 Å². The van der Waals surface area contributed by atoms with Crippen molar-refractivity contribution >= 4 is 22.3 Å². The van der Waals surface area contributed by atoms with Gasteiger partial charge in [0, 0.05) is 17.5 Å². The van der Waals surface area contributed by atoms with Crippen LogP contribution in [0.15, 0.2) is 12.1 Å². The van der Waals surface area contributed by atoms with Crippen molar-refractivity contribution in [1.29, 1.82) is 0 Å². The first kappa shape index (κ1) is 10.6. The smallest absolute Gasteiger partial charge is 0.324 e. The summed E-state index contributed by atoms with van der Waals surface area (Å²) in [6.45, 7) is 0.191. The first-order valence-corrected chi connectivity index (χ1v) is 4.57. The van der Waals surface area contributed by atoms with Crippen molar-refractivity contribution < 1.29 is 14.8 Å². The minimum Gasteiger partial charge on any atom is -0.480 e. The fourth-order valence-corrected chi connectivity index (χ4v) is 1.64. The van der Waals surface area contributed by atoms with Gasteiger partial charge in [0.25, 0.3) is 0 Å². The molecule has 14 heavy (non-hydrogen) atoms. The van der Waals surface area contributed by atoms with E-state index in [2.05, 4.69) is 5.32 Å². The van der Waals surface area contributed by atoms with Gasteiger partial charge in [-0.3, -0.25) is 14.9 Å². The van der Waals surface area contributed by atoms with E-state index < -0.39 is 10.9 Å². The van der Waals surface area contributed by atoms with E-state index in [1.165, 1.54) is 6.07 Å². The molecule has 0 saturated heterocycles. The molecule has 0 fully saturated rings. The van der Waals surface area contributed by atoms with Gasteiger partial charge in [-0.05, 0) is 6.07 Å². The molecule has 0 atom stereocenters. The van der Waals surface area contributed by atoms with Gasteiger partial charge in [0.1, 0.15) is 0 Å². The lowest BCUT2D eigenvalue weighted by Crippen LogP contribution is -2.21. The molecular formula is C7H8N2O4S. The van der Waals surface area contributed by atoms with Crippen molar-refractivity contribution in [3.8, 4) is 0 Å². The Morgan fingerprint density at radius 3 is 2.86 bits per heavy atom. The number of hydrogen-bond acceptors (Lipinski definition) is 5. The number of nitrogens with zero attached hydrogens (tertiary/aromatic N) is 1. The molecule has 1 aromatic rings. The van der Waals surface area contributed by atoms with Crippen LogP contribution in [0.2, 0.25) is 0 Å². The SMILES string of the molecule is O=C(O)CNCc1ccc([N+](=O)[O-])s1. The second-order valence-corrected chi connectivity index (χ2v) is 3.64. The lowest BCUT2D eigenvalue weighted by molar-refractivity contribution is -0.380. The molecule has 0 aliphatic rings. The molecule has 0 amide bonds. The standard InChI is InChI=1S/C7H8N2O4S/c10-7(11)4-8-3-5-1-2-6(14-5)9(12)13/h1-2,8H,3-4H2,(H,10,11). The molecule has 0 spiro atoms. The lowest BCUT2D eigenvalue weighted by Gasteiger charge is -1.96. The van der Waals surface area contributed by atoms with E-state index in [9.17, 15) is 14.9 Å². The largest absolute Gasteiger partial charge is 0.480 e. The lowest BCUT2D eigenvalue weighted by atomic mass is 10.4. The number of hydrogen-bond donors (Lipinski definition) is 2. The van der Waals surface area contributed by atoms with Crippen LogP contribution in [-0.4, -0.2) is 22.5 Å². The van der Waals surface area contributed by atoms with Gasteiger partial charge in [0.15, 0.2) is 0 Å². The van der Waals surface area contributed by atoms with Gasteiger partial charge < -0.3 is 10.4 Å². The van der Waals surface area contributed by atoms with Crippen molar-refractivity contribution in [3.63, 3.8) is 0 Å². The van der Waals surface area contributed by atoms with Gasteiger partial charge in [-0.2, -0.15) is 0 Å². The molecule has 0 bridgehead atoms. The Labute approximate surface area is 83.3 Å². The molecule has 0 aliphatic heterocycles. The third-order valence-corrected chi connectivity index (χ3v) is 2.44. The van der Waals surface area contributed by atoms with Crippen molar-refractivity contribution in [1.82, 2.24) is 5.32 Å². The molecule has 0 radical (unpaired) electrons. The maximum atomic E-state index is 10.3. The first-order valence-electron chi connectivity index (χ1n) is 3.75. The summed E-state index contributed by atoms with van der Waals surface area (Å²) in [4.78, 5) is 20.7. The van der Waals surface area contributed by atoms with Crippen molar-refractivity contribution in [2.24, 2.45) is 0 Å². The summed E-state index contributed by atoms with van der Waals surface area (Å²) >= 11 is 1.04.